The van der Waals surface area contributed by atoms with Crippen LogP contribution in [0.15, 0.2) is 18.2 Å². The third-order valence-electron chi connectivity index (χ3n) is 4.19. The van der Waals surface area contributed by atoms with Gasteiger partial charge in [0, 0.05) is 17.2 Å². The van der Waals surface area contributed by atoms with Crippen molar-refractivity contribution in [3.05, 3.63) is 33.8 Å². The van der Waals surface area contributed by atoms with Gasteiger partial charge in [-0.15, -0.1) is 0 Å². The molecule has 1 N–H and O–H groups in total. The van der Waals surface area contributed by atoms with E-state index in [1.165, 1.54) is 19.3 Å². The van der Waals surface area contributed by atoms with E-state index in [9.17, 15) is 0 Å². The lowest BCUT2D eigenvalue weighted by molar-refractivity contribution is -0.0671. The van der Waals surface area contributed by atoms with Crippen molar-refractivity contribution >= 4 is 23.2 Å². The predicted octanol–water partition coefficient (Wildman–Crippen LogP) is 4.60. The predicted molar refractivity (Wildman–Crippen MR) is 81.1 cm³/mol. The molecular weight excluding hydrogens is 281 g/mol. The van der Waals surface area contributed by atoms with Gasteiger partial charge < -0.3 is 10.1 Å². The van der Waals surface area contributed by atoms with Crippen LogP contribution in [0.5, 0.6) is 0 Å². The standard InChI is InChI=1S/C15H21Cl2NO/c1-18-14(12-10-11(16)6-7-13(12)17)15(19-2)8-4-3-5-9-15/h6-7,10,14,18H,3-5,8-9H2,1-2H3. The highest BCUT2D eigenvalue weighted by atomic mass is 35.5. The monoisotopic (exact) mass is 301 g/mol. The minimum atomic E-state index is -0.179. The highest BCUT2D eigenvalue weighted by molar-refractivity contribution is 6.33. The summed E-state index contributed by atoms with van der Waals surface area (Å²) in [5.41, 5.74) is 0.849. The van der Waals surface area contributed by atoms with Crippen molar-refractivity contribution in [2.45, 2.75) is 43.7 Å². The van der Waals surface area contributed by atoms with Crippen LogP contribution in [0.3, 0.4) is 0 Å². The highest BCUT2D eigenvalue weighted by Gasteiger charge is 2.41. The molecule has 19 heavy (non-hydrogen) atoms. The van der Waals surface area contributed by atoms with Crippen molar-refractivity contribution in [2.75, 3.05) is 14.2 Å². The first kappa shape index (κ1) is 15.1. The van der Waals surface area contributed by atoms with Gasteiger partial charge in [-0.2, -0.15) is 0 Å². The van der Waals surface area contributed by atoms with Crippen LogP contribution in [0.4, 0.5) is 0 Å². The smallest absolute Gasteiger partial charge is 0.0872 e. The maximum atomic E-state index is 6.35. The van der Waals surface area contributed by atoms with E-state index in [1.54, 1.807) is 7.11 Å². The van der Waals surface area contributed by atoms with Crippen molar-refractivity contribution < 1.29 is 4.74 Å². The summed E-state index contributed by atoms with van der Waals surface area (Å²) < 4.78 is 5.92. The van der Waals surface area contributed by atoms with Crippen molar-refractivity contribution in [2.24, 2.45) is 0 Å². The van der Waals surface area contributed by atoms with Crippen molar-refractivity contribution in [3.63, 3.8) is 0 Å². The fraction of sp³-hybridized carbons (Fsp3) is 0.600. The molecule has 1 aromatic carbocycles. The van der Waals surface area contributed by atoms with Crippen LogP contribution in [0.1, 0.15) is 43.7 Å². The van der Waals surface area contributed by atoms with Gasteiger partial charge in [0.2, 0.25) is 0 Å². The molecule has 1 atom stereocenters. The topological polar surface area (TPSA) is 21.3 Å². The highest BCUT2D eigenvalue weighted by Crippen LogP contribution is 2.43. The summed E-state index contributed by atoms with van der Waals surface area (Å²) >= 11 is 12.5. The minimum Gasteiger partial charge on any atom is -0.376 e. The van der Waals surface area contributed by atoms with Gasteiger partial charge in [-0.05, 0) is 43.7 Å². The molecule has 2 rings (SSSR count). The largest absolute Gasteiger partial charge is 0.376 e. The number of benzene rings is 1. The molecule has 0 radical (unpaired) electrons. The second-order valence-corrected chi connectivity index (χ2v) is 6.06. The van der Waals surface area contributed by atoms with Crippen molar-refractivity contribution in [1.29, 1.82) is 0 Å². The number of hydrogen-bond donors (Lipinski definition) is 1. The Bertz CT molecular complexity index is 430. The molecule has 0 aliphatic heterocycles. The van der Waals surface area contributed by atoms with E-state index in [0.29, 0.717) is 5.02 Å². The molecule has 1 aromatic rings. The van der Waals surface area contributed by atoms with Crippen LogP contribution in [0.25, 0.3) is 0 Å². The van der Waals surface area contributed by atoms with Gasteiger partial charge in [-0.25, -0.2) is 0 Å². The summed E-state index contributed by atoms with van der Waals surface area (Å²) in [6.07, 6.45) is 5.79. The minimum absolute atomic E-state index is 0.0731. The van der Waals surface area contributed by atoms with E-state index < -0.39 is 0 Å². The quantitative estimate of drug-likeness (QED) is 0.877. The number of hydrogen-bond acceptors (Lipinski definition) is 2. The van der Waals surface area contributed by atoms with E-state index in [2.05, 4.69) is 5.32 Å². The molecule has 0 aromatic heterocycles. The first-order valence-electron chi connectivity index (χ1n) is 6.80. The fourth-order valence-corrected chi connectivity index (χ4v) is 3.61. The summed E-state index contributed by atoms with van der Waals surface area (Å²) in [4.78, 5) is 0. The molecule has 1 aliphatic rings. The zero-order valence-corrected chi connectivity index (χ0v) is 13.0. The molecule has 0 bridgehead atoms. The van der Waals surface area contributed by atoms with Gasteiger partial charge in [0.25, 0.3) is 0 Å². The molecule has 1 fully saturated rings. The number of likely N-dealkylation sites (N-methyl/N-ethyl adjacent to an activating group) is 1. The third kappa shape index (κ3) is 3.08. The summed E-state index contributed by atoms with van der Waals surface area (Å²) in [6.45, 7) is 0. The van der Waals surface area contributed by atoms with Crippen LogP contribution in [-0.4, -0.2) is 19.8 Å². The van der Waals surface area contributed by atoms with Crippen molar-refractivity contribution in [3.8, 4) is 0 Å². The Hall–Kier alpha value is -0.280. The maximum Gasteiger partial charge on any atom is 0.0872 e. The summed E-state index contributed by atoms with van der Waals surface area (Å²) in [6, 6.07) is 5.69. The average Bonchev–Trinajstić information content (AvgIpc) is 2.44. The van der Waals surface area contributed by atoms with Crippen LogP contribution in [-0.2, 0) is 4.74 Å². The van der Waals surface area contributed by atoms with E-state index >= 15 is 0 Å². The Morgan fingerprint density at radius 3 is 2.47 bits per heavy atom. The molecular formula is C15H21Cl2NO. The number of methoxy groups -OCH3 is 1. The van der Waals surface area contributed by atoms with E-state index in [0.717, 1.165) is 23.4 Å². The number of halogens is 2. The molecule has 4 heteroatoms. The van der Waals surface area contributed by atoms with Gasteiger partial charge in [0.1, 0.15) is 0 Å². The molecule has 0 heterocycles. The molecule has 1 saturated carbocycles. The van der Waals surface area contributed by atoms with Crippen LogP contribution in [0.2, 0.25) is 10.0 Å². The average molecular weight is 302 g/mol. The second-order valence-electron chi connectivity index (χ2n) is 5.22. The molecule has 106 valence electrons. The lowest BCUT2D eigenvalue weighted by Gasteiger charge is -2.43. The Morgan fingerprint density at radius 2 is 1.89 bits per heavy atom. The molecule has 0 saturated heterocycles. The van der Waals surface area contributed by atoms with E-state index in [-0.39, 0.29) is 11.6 Å². The zero-order chi connectivity index (χ0) is 13.9. The second kappa shape index (κ2) is 6.45. The maximum absolute atomic E-state index is 6.35. The van der Waals surface area contributed by atoms with Crippen LogP contribution >= 0.6 is 23.2 Å². The molecule has 0 spiro atoms. The summed E-state index contributed by atoms with van der Waals surface area (Å²) in [5, 5.41) is 4.83. The Morgan fingerprint density at radius 1 is 1.21 bits per heavy atom. The normalized spacial score (nSPS) is 20.2. The SMILES string of the molecule is CNC(c1cc(Cl)ccc1Cl)C1(OC)CCCCC1. The van der Waals surface area contributed by atoms with Gasteiger partial charge in [0.15, 0.2) is 0 Å². The van der Waals surface area contributed by atoms with Crippen LogP contribution < -0.4 is 5.32 Å². The number of rotatable bonds is 4. The fourth-order valence-electron chi connectivity index (χ4n) is 3.20. The van der Waals surface area contributed by atoms with Gasteiger partial charge >= 0.3 is 0 Å². The first-order chi connectivity index (χ1) is 9.13. The van der Waals surface area contributed by atoms with Gasteiger partial charge in [0.05, 0.1) is 11.6 Å². The molecule has 1 aliphatic carbocycles. The Labute approximate surface area is 125 Å². The lowest BCUT2D eigenvalue weighted by atomic mass is 9.76. The van der Waals surface area contributed by atoms with Gasteiger partial charge in [-0.1, -0.05) is 42.5 Å². The number of ether oxygens (including phenoxy) is 1. The number of nitrogens with one attached hydrogen (secondary N) is 1. The zero-order valence-electron chi connectivity index (χ0n) is 11.5. The van der Waals surface area contributed by atoms with Gasteiger partial charge in [-0.3, -0.25) is 0 Å². The van der Waals surface area contributed by atoms with E-state index in [1.807, 2.05) is 25.2 Å². The Balaban J connectivity index is 2.39. The molecule has 1 unspecified atom stereocenters. The molecule has 0 amide bonds. The lowest BCUT2D eigenvalue weighted by Crippen LogP contribution is -2.46. The summed E-state index contributed by atoms with van der Waals surface area (Å²) in [5.74, 6) is 0. The molecule has 2 nitrogen and oxygen atoms in total. The Kier molecular flexibility index (Phi) is 5.13. The van der Waals surface area contributed by atoms with Crippen molar-refractivity contribution in [1.82, 2.24) is 5.32 Å². The summed E-state index contributed by atoms with van der Waals surface area (Å²) in [7, 11) is 3.76. The first-order valence-corrected chi connectivity index (χ1v) is 7.56. The van der Waals surface area contributed by atoms with E-state index in [4.69, 9.17) is 27.9 Å². The third-order valence-corrected chi connectivity index (χ3v) is 4.77. The van der Waals surface area contributed by atoms with Crippen LogP contribution in [0, 0.1) is 0 Å².